The van der Waals surface area contributed by atoms with E-state index in [1.54, 1.807) is 68.6 Å². The van der Waals surface area contributed by atoms with Crippen LogP contribution < -0.4 is 5.56 Å². The number of amides is 1. The van der Waals surface area contributed by atoms with Gasteiger partial charge in [0.05, 0.1) is 5.71 Å². The van der Waals surface area contributed by atoms with Crippen LogP contribution in [0.2, 0.25) is 5.02 Å². The average molecular weight is 536 g/mol. The topological polar surface area (TPSA) is 72.5 Å². The molecule has 2 unspecified atom stereocenters. The number of aryl methyl sites for hydroxylation is 2. The van der Waals surface area contributed by atoms with Crippen molar-refractivity contribution in [3.63, 3.8) is 0 Å². The van der Waals surface area contributed by atoms with Crippen molar-refractivity contribution in [2.45, 2.75) is 32.6 Å². The lowest BCUT2D eigenvalue weighted by molar-refractivity contribution is 0.0812. The first-order valence-corrected chi connectivity index (χ1v) is 12.7. The third-order valence-electron chi connectivity index (χ3n) is 6.88. The zero-order valence-corrected chi connectivity index (χ0v) is 23.1. The van der Waals surface area contributed by atoms with Crippen molar-refractivity contribution in [3.05, 3.63) is 104 Å². The maximum atomic E-state index is 13.4. The summed E-state index contributed by atoms with van der Waals surface area (Å²) in [6.07, 6.45) is 8.42. The van der Waals surface area contributed by atoms with Gasteiger partial charge in [0.2, 0.25) is 0 Å². The highest BCUT2D eigenvalue weighted by Crippen LogP contribution is 2.61. The number of allylic oxidation sites excluding steroid dienone is 2. The first kappa shape index (κ1) is 27.3. The Bertz CT molecular complexity index is 1510. The maximum absolute atomic E-state index is 13.4. The summed E-state index contributed by atoms with van der Waals surface area (Å²) in [6, 6.07) is 8.45. The van der Waals surface area contributed by atoms with E-state index >= 15 is 0 Å². The van der Waals surface area contributed by atoms with Crippen LogP contribution in [0, 0.1) is 18.7 Å². The van der Waals surface area contributed by atoms with Crippen LogP contribution >= 0.6 is 11.6 Å². The third-order valence-corrected chi connectivity index (χ3v) is 7.26. The van der Waals surface area contributed by atoms with Gasteiger partial charge < -0.3 is 9.47 Å². The van der Waals surface area contributed by atoms with Gasteiger partial charge in [-0.2, -0.15) is 0 Å². The number of benzene rings is 1. The van der Waals surface area contributed by atoms with Crippen LogP contribution in [-0.2, 0) is 7.05 Å². The van der Waals surface area contributed by atoms with Crippen molar-refractivity contribution in [2.75, 3.05) is 14.1 Å². The third kappa shape index (κ3) is 5.27. The van der Waals surface area contributed by atoms with Crippen molar-refractivity contribution >= 4 is 29.4 Å². The second-order valence-electron chi connectivity index (χ2n) is 9.77. The summed E-state index contributed by atoms with van der Waals surface area (Å²) in [7, 11) is 5.08. The second kappa shape index (κ2) is 10.9. The lowest BCUT2D eigenvalue weighted by Crippen LogP contribution is -2.24. The van der Waals surface area contributed by atoms with E-state index < -0.39 is 0 Å². The van der Waals surface area contributed by atoms with E-state index in [1.807, 2.05) is 19.9 Å². The molecule has 1 aliphatic rings. The lowest BCUT2D eigenvalue weighted by Gasteiger charge is -2.11. The number of rotatable bonds is 7. The van der Waals surface area contributed by atoms with E-state index in [1.165, 1.54) is 21.6 Å². The van der Waals surface area contributed by atoms with Gasteiger partial charge in [-0.15, -0.1) is 0 Å². The van der Waals surface area contributed by atoms with Crippen LogP contribution in [0.25, 0.3) is 6.20 Å². The molecule has 0 radical (unpaired) electrons. The highest BCUT2D eigenvalue weighted by molar-refractivity contribution is 6.31. The van der Waals surface area contributed by atoms with Crippen LogP contribution in [0.4, 0.5) is 4.39 Å². The van der Waals surface area contributed by atoms with Crippen LogP contribution in [0.5, 0.6) is 0 Å². The smallest absolute Gasteiger partial charge is 0.289 e. The SMILES string of the molecule is C/C=C/N=C(/C=C/n1c(C)cc(C2C(c3ccc(F)cc3)[C@H]2C)c(Cl)c1=O)c1cn(C)c(C(=O)N(C)C)n1. The predicted octanol–water partition coefficient (Wildman–Crippen LogP) is 5.40. The normalized spacial score (nSPS) is 19.5. The summed E-state index contributed by atoms with van der Waals surface area (Å²) in [6.45, 7) is 5.81. The Labute approximate surface area is 226 Å². The fraction of sp³-hybridized carbons (Fsp3) is 0.310. The average Bonchev–Trinajstić information content (AvgIpc) is 3.39. The number of aromatic nitrogens is 3. The van der Waals surface area contributed by atoms with Gasteiger partial charge in [-0.1, -0.05) is 36.7 Å². The standard InChI is InChI=1S/C29H31ClFN5O2/c1-7-13-32-22(23-16-35(6)27(33-23)29(38)34(4)5)12-14-36-17(2)15-21(26(30)28(36)37)25-18(3)24(25)19-8-10-20(31)11-9-19/h7-16,18,24-25H,1-6H3/b13-7+,14-12+,32-22-/t18-,24?,25?/m1/s1. The zero-order chi connectivity index (χ0) is 27.7. The number of carbonyl (C=O) groups excluding carboxylic acids is 1. The quantitative estimate of drug-likeness (QED) is 0.380. The van der Waals surface area contributed by atoms with Gasteiger partial charge in [-0.25, -0.2) is 9.37 Å². The molecule has 1 aliphatic carbocycles. The van der Waals surface area contributed by atoms with E-state index in [0.29, 0.717) is 11.4 Å². The number of hydrogen-bond acceptors (Lipinski definition) is 4. The highest BCUT2D eigenvalue weighted by atomic mass is 35.5. The van der Waals surface area contributed by atoms with E-state index in [-0.39, 0.29) is 45.9 Å². The number of nitrogens with zero attached hydrogens (tertiary/aromatic N) is 5. The Morgan fingerprint density at radius 2 is 1.89 bits per heavy atom. The molecule has 9 heteroatoms. The summed E-state index contributed by atoms with van der Waals surface area (Å²) in [4.78, 5) is 36.2. The molecule has 7 nitrogen and oxygen atoms in total. The fourth-order valence-corrected chi connectivity index (χ4v) is 5.07. The molecule has 38 heavy (non-hydrogen) atoms. The molecule has 1 fully saturated rings. The van der Waals surface area contributed by atoms with Gasteiger partial charge in [0.1, 0.15) is 16.5 Å². The van der Waals surface area contributed by atoms with Gasteiger partial charge >= 0.3 is 0 Å². The Morgan fingerprint density at radius 1 is 1.21 bits per heavy atom. The molecule has 198 valence electrons. The molecular formula is C29H31ClFN5O2. The molecule has 0 bridgehead atoms. The monoisotopic (exact) mass is 535 g/mol. The van der Waals surface area contributed by atoms with Crippen LogP contribution in [-0.4, -0.2) is 44.7 Å². The molecule has 3 atom stereocenters. The van der Waals surface area contributed by atoms with E-state index in [4.69, 9.17) is 11.6 Å². The number of hydrogen-bond donors (Lipinski definition) is 0. The van der Waals surface area contributed by atoms with E-state index in [9.17, 15) is 14.0 Å². The molecule has 0 N–H and O–H groups in total. The Hall–Kier alpha value is -3.78. The predicted molar refractivity (Wildman–Crippen MR) is 149 cm³/mol. The zero-order valence-electron chi connectivity index (χ0n) is 22.3. The van der Waals surface area contributed by atoms with Crippen LogP contribution in [0.1, 0.15) is 58.8 Å². The van der Waals surface area contributed by atoms with Crippen LogP contribution in [0.15, 0.2) is 64.7 Å². The molecule has 1 amide bonds. The number of aliphatic imine (C=N–C) groups is 1. The lowest BCUT2D eigenvalue weighted by atomic mass is 10.0. The van der Waals surface area contributed by atoms with Crippen molar-refractivity contribution in [1.29, 1.82) is 0 Å². The Balaban J connectivity index is 1.67. The first-order valence-electron chi connectivity index (χ1n) is 12.3. The molecule has 0 saturated heterocycles. The number of carbonyl (C=O) groups is 1. The summed E-state index contributed by atoms with van der Waals surface area (Å²) in [5.74, 6) is 0.334. The second-order valence-corrected chi connectivity index (χ2v) is 10.1. The maximum Gasteiger partial charge on any atom is 0.289 e. The Kier molecular flexibility index (Phi) is 7.83. The molecular weight excluding hydrogens is 505 g/mol. The van der Waals surface area contributed by atoms with Gasteiger partial charge in [0.15, 0.2) is 5.82 Å². The molecule has 1 saturated carbocycles. The van der Waals surface area contributed by atoms with E-state index in [0.717, 1.165) is 16.8 Å². The summed E-state index contributed by atoms with van der Waals surface area (Å²) in [5.41, 5.74) is 3.21. The minimum absolute atomic E-state index is 0.0889. The van der Waals surface area contributed by atoms with Crippen molar-refractivity contribution in [3.8, 4) is 0 Å². The minimum Gasteiger partial charge on any atom is -0.342 e. The van der Waals surface area contributed by atoms with Gasteiger partial charge in [-0.3, -0.25) is 19.1 Å². The molecule has 3 aromatic rings. The highest BCUT2D eigenvalue weighted by Gasteiger charge is 2.49. The molecule has 0 spiro atoms. The van der Waals surface area contributed by atoms with Gasteiger partial charge in [0, 0.05) is 45.4 Å². The van der Waals surface area contributed by atoms with Gasteiger partial charge in [0.25, 0.3) is 11.5 Å². The number of halogens is 2. The number of imidazole rings is 1. The summed E-state index contributed by atoms with van der Waals surface area (Å²) < 4.78 is 16.5. The van der Waals surface area contributed by atoms with Gasteiger partial charge in [-0.05, 0) is 67.0 Å². The summed E-state index contributed by atoms with van der Waals surface area (Å²) in [5, 5.41) is 0.172. The fourth-order valence-electron chi connectivity index (χ4n) is 4.79. The molecule has 0 aliphatic heterocycles. The first-order chi connectivity index (χ1) is 18.0. The number of pyridine rings is 1. The largest absolute Gasteiger partial charge is 0.342 e. The molecule has 2 aromatic heterocycles. The molecule has 1 aromatic carbocycles. The summed E-state index contributed by atoms with van der Waals surface area (Å²) >= 11 is 6.63. The molecule has 4 rings (SSSR count). The molecule has 2 heterocycles. The Morgan fingerprint density at radius 3 is 2.53 bits per heavy atom. The van der Waals surface area contributed by atoms with Crippen molar-refractivity contribution in [1.82, 2.24) is 19.0 Å². The van der Waals surface area contributed by atoms with E-state index in [2.05, 4.69) is 16.9 Å². The van der Waals surface area contributed by atoms with Crippen LogP contribution in [0.3, 0.4) is 0 Å². The minimum atomic E-state index is -0.329. The van der Waals surface area contributed by atoms with Crippen molar-refractivity contribution in [2.24, 2.45) is 18.0 Å². The van der Waals surface area contributed by atoms with Crippen molar-refractivity contribution < 1.29 is 9.18 Å².